The second-order valence-electron chi connectivity index (χ2n) is 5.30. The Morgan fingerprint density at radius 1 is 1.37 bits per heavy atom. The number of amides is 1. The SMILES string of the molecule is Cc1cc(NC2CCN(CC(N)=O)CC2)cc(C)n1. The Labute approximate surface area is 114 Å². The molecule has 1 aromatic rings. The van der Waals surface area contributed by atoms with Gasteiger partial charge in [0.1, 0.15) is 0 Å². The molecule has 1 aliphatic rings. The number of primary amides is 1. The van der Waals surface area contributed by atoms with Gasteiger partial charge in [-0.1, -0.05) is 0 Å². The maximum atomic E-state index is 10.9. The third-order valence-corrected chi connectivity index (χ3v) is 3.42. The van der Waals surface area contributed by atoms with Crippen molar-refractivity contribution in [1.82, 2.24) is 9.88 Å². The molecule has 1 saturated heterocycles. The van der Waals surface area contributed by atoms with Crippen LogP contribution in [0, 0.1) is 13.8 Å². The minimum absolute atomic E-state index is 0.244. The van der Waals surface area contributed by atoms with E-state index in [4.69, 9.17) is 5.73 Å². The predicted octanol–water partition coefficient (Wildman–Crippen LogP) is 1.06. The average molecular weight is 262 g/mol. The van der Waals surface area contributed by atoms with Crippen molar-refractivity contribution in [3.63, 3.8) is 0 Å². The number of carbonyl (C=O) groups is 1. The predicted molar refractivity (Wildman–Crippen MR) is 76.0 cm³/mol. The van der Waals surface area contributed by atoms with Crippen molar-refractivity contribution in [3.8, 4) is 0 Å². The minimum atomic E-state index is -0.244. The summed E-state index contributed by atoms with van der Waals surface area (Å²) < 4.78 is 0. The van der Waals surface area contributed by atoms with Crippen LogP contribution in [-0.4, -0.2) is 41.5 Å². The Morgan fingerprint density at radius 2 is 1.95 bits per heavy atom. The number of nitrogens with two attached hydrogens (primary N) is 1. The van der Waals surface area contributed by atoms with Gasteiger partial charge in [-0.05, 0) is 38.8 Å². The number of nitrogens with one attached hydrogen (secondary N) is 1. The number of nitrogens with zero attached hydrogens (tertiary/aromatic N) is 2. The van der Waals surface area contributed by atoms with E-state index >= 15 is 0 Å². The van der Waals surface area contributed by atoms with E-state index in [1.165, 1.54) is 0 Å². The van der Waals surface area contributed by atoms with Crippen molar-refractivity contribution in [1.29, 1.82) is 0 Å². The number of carbonyl (C=O) groups excluding carboxylic acids is 1. The molecular weight excluding hydrogens is 240 g/mol. The third-order valence-electron chi connectivity index (χ3n) is 3.42. The van der Waals surface area contributed by atoms with Crippen molar-refractivity contribution in [3.05, 3.63) is 23.5 Å². The number of rotatable bonds is 4. The summed E-state index contributed by atoms with van der Waals surface area (Å²) in [6.45, 7) is 6.23. The first-order chi connectivity index (χ1) is 9.02. The van der Waals surface area contributed by atoms with Crippen molar-refractivity contribution in [2.45, 2.75) is 32.7 Å². The van der Waals surface area contributed by atoms with Crippen LogP contribution in [0.2, 0.25) is 0 Å². The molecule has 5 heteroatoms. The molecule has 1 aliphatic heterocycles. The molecule has 5 nitrogen and oxygen atoms in total. The van der Waals surface area contributed by atoms with Crippen LogP contribution in [-0.2, 0) is 4.79 Å². The number of piperidine rings is 1. The second-order valence-corrected chi connectivity index (χ2v) is 5.30. The minimum Gasteiger partial charge on any atom is -0.382 e. The molecule has 0 aliphatic carbocycles. The number of pyridine rings is 1. The van der Waals surface area contributed by atoms with E-state index in [9.17, 15) is 4.79 Å². The molecule has 1 amide bonds. The summed E-state index contributed by atoms with van der Waals surface area (Å²) in [5.41, 5.74) is 8.42. The summed E-state index contributed by atoms with van der Waals surface area (Å²) >= 11 is 0. The molecule has 1 fully saturated rings. The summed E-state index contributed by atoms with van der Waals surface area (Å²) in [6, 6.07) is 4.61. The van der Waals surface area contributed by atoms with Gasteiger partial charge in [-0.15, -0.1) is 0 Å². The fourth-order valence-corrected chi connectivity index (χ4v) is 2.61. The molecule has 3 N–H and O–H groups in total. The molecule has 0 unspecified atom stereocenters. The largest absolute Gasteiger partial charge is 0.382 e. The van der Waals surface area contributed by atoms with Gasteiger partial charge in [0.25, 0.3) is 0 Å². The number of hydrogen-bond acceptors (Lipinski definition) is 4. The Kier molecular flexibility index (Phi) is 4.37. The van der Waals surface area contributed by atoms with Gasteiger partial charge in [0, 0.05) is 36.2 Å². The smallest absolute Gasteiger partial charge is 0.231 e. The maximum Gasteiger partial charge on any atom is 0.231 e. The molecule has 0 bridgehead atoms. The van der Waals surface area contributed by atoms with Gasteiger partial charge in [0.15, 0.2) is 0 Å². The lowest BCUT2D eigenvalue weighted by Crippen LogP contribution is -2.42. The quantitative estimate of drug-likeness (QED) is 0.851. The van der Waals surface area contributed by atoms with Gasteiger partial charge in [0.2, 0.25) is 5.91 Å². The van der Waals surface area contributed by atoms with Crippen molar-refractivity contribution in [2.75, 3.05) is 25.0 Å². The van der Waals surface area contributed by atoms with Gasteiger partial charge < -0.3 is 11.1 Å². The number of likely N-dealkylation sites (tertiary alicyclic amines) is 1. The van der Waals surface area contributed by atoms with E-state index in [1.54, 1.807) is 0 Å². The van der Waals surface area contributed by atoms with Crippen molar-refractivity contribution >= 4 is 11.6 Å². The van der Waals surface area contributed by atoms with E-state index in [1.807, 2.05) is 13.8 Å². The number of aromatic nitrogens is 1. The highest BCUT2D eigenvalue weighted by molar-refractivity contribution is 5.75. The average Bonchev–Trinajstić information content (AvgIpc) is 2.29. The fraction of sp³-hybridized carbons (Fsp3) is 0.571. The van der Waals surface area contributed by atoms with E-state index in [-0.39, 0.29) is 5.91 Å². The highest BCUT2D eigenvalue weighted by Gasteiger charge is 2.19. The Bertz CT molecular complexity index is 433. The zero-order valence-corrected chi connectivity index (χ0v) is 11.6. The summed E-state index contributed by atoms with van der Waals surface area (Å²) in [7, 11) is 0. The monoisotopic (exact) mass is 262 g/mol. The van der Waals surface area contributed by atoms with Crippen LogP contribution in [0.5, 0.6) is 0 Å². The summed E-state index contributed by atoms with van der Waals surface area (Å²) in [5.74, 6) is -0.244. The summed E-state index contributed by atoms with van der Waals surface area (Å²) in [4.78, 5) is 17.4. The van der Waals surface area contributed by atoms with Gasteiger partial charge in [-0.3, -0.25) is 14.7 Å². The second kappa shape index (κ2) is 6.02. The van der Waals surface area contributed by atoms with Gasteiger partial charge in [-0.25, -0.2) is 0 Å². The van der Waals surface area contributed by atoms with Gasteiger partial charge in [-0.2, -0.15) is 0 Å². The lowest BCUT2D eigenvalue weighted by molar-refractivity contribution is -0.119. The van der Waals surface area contributed by atoms with Crippen LogP contribution in [0.1, 0.15) is 24.2 Å². The molecule has 1 aromatic heterocycles. The summed E-state index contributed by atoms with van der Waals surface area (Å²) in [6.07, 6.45) is 2.07. The molecule has 0 aromatic carbocycles. The van der Waals surface area contributed by atoms with Crippen molar-refractivity contribution < 1.29 is 4.79 Å². The maximum absolute atomic E-state index is 10.9. The lowest BCUT2D eigenvalue weighted by atomic mass is 10.0. The van der Waals surface area contributed by atoms with Crippen LogP contribution in [0.3, 0.4) is 0 Å². The molecule has 0 spiro atoms. The van der Waals surface area contributed by atoms with Crippen LogP contribution in [0.15, 0.2) is 12.1 Å². The zero-order valence-electron chi connectivity index (χ0n) is 11.6. The van der Waals surface area contributed by atoms with Gasteiger partial charge in [0.05, 0.1) is 6.54 Å². The van der Waals surface area contributed by atoms with Gasteiger partial charge >= 0.3 is 0 Å². The van der Waals surface area contributed by atoms with Crippen molar-refractivity contribution in [2.24, 2.45) is 5.73 Å². The van der Waals surface area contributed by atoms with E-state index in [2.05, 4.69) is 27.3 Å². The first kappa shape index (κ1) is 13.8. The number of aryl methyl sites for hydroxylation is 2. The van der Waals surface area contributed by atoms with Crippen LogP contribution < -0.4 is 11.1 Å². The van der Waals surface area contributed by atoms with E-state index in [0.29, 0.717) is 12.6 Å². The highest BCUT2D eigenvalue weighted by Crippen LogP contribution is 2.17. The molecule has 0 saturated carbocycles. The van der Waals surface area contributed by atoms with Crippen LogP contribution >= 0.6 is 0 Å². The standard InChI is InChI=1S/C14H22N4O/c1-10-7-13(8-11(2)16-10)17-12-3-5-18(6-4-12)9-14(15)19/h7-8,12H,3-6,9H2,1-2H3,(H2,15,19)(H,16,17). The zero-order chi connectivity index (χ0) is 13.8. The van der Waals surface area contributed by atoms with E-state index < -0.39 is 0 Å². The molecule has 104 valence electrons. The number of anilines is 1. The molecule has 2 heterocycles. The molecule has 0 atom stereocenters. The topological polar surface area (TPSA) is 71.2 Å². The number of hydrogen-bond donors (Lipinski definition) is 2. The summed E-state index contributed by atoms with van der Waals surface area (Å²) in [5, 5.41) is 3.55. The molecule has 0 radical (unpaired) electrons. The Morgan fingerprint density at radius 3 is 2.47 bits per heavy atom. The molecule has 2 rings (SSSR count). The lowest BCUT2D eigenvalue weighted by Gasteiger charge is -2.32. The Hall–Kier alpha value is -1.62. The Balaban J connectivity index is 1.86. The fourth-order valence-electron chi connectivity index (χ4n) is 2.61. The first-order valence-electron chi connectivity index (χ1n) is 6.75. The molecular formula is C14H22N4O. The third kappa shape index (κ3) is 4.21. The van der Waals surface area contributed by atoms with E-state index in [0.717, 1.165) is 43.0 Å². The van der Waals surface area contributed by atoms with Crippen LogP contribution in [0.4, 0.5) is 5.69 Å². The normalized spacial score (nSPS) is 17.4. The first-order valence-corrected chi connectivity index (χ1v) is 6.75. The molecule has 19 heavy (non-hydrogen) atoms. The highest BCUT2D eigenvalue weighted by atomic mass is 16.1. The van der Waals surface area contributed by atoms with Crippen LogP contribution in [0.25, 0.3) is 0 Å².